The van der Waals surface area contributed by atoms with Gasteiger partial charge in [0.2, 0.25) is 5.91 Å². The van der Waals surface area contributed by atoms with Crippen LogP contribution in [0.1, 0.15) is 51.1 Å². The number of nitrogens with zero attached hydrogens (tertiary/aromatic N) is 1. The molecule has 3 aromatic carbocycles. The standard InChI is InChI=1S/C28H31ClF2N2O4S/c1-3-8-28(34)32-17-6-7-18-37-27-10-5-4-9-24(27)20(2)33(26-19-22(30)13-16-25(26)31)38(35,36)23-14-11-21(29)12-15-23/h4-5,9-16,19-20H,3,6-8,17-18H2,1-2H3,(H,32,34). The molecule has 0 aliphatic rings. The van der Waals surface area contributed by atoms with Gasteiger partial charge >= 0.3 is 0 Å². The van der Waals surface area contributed by atoms with Crippen LogP contribution in [0.3, 0.4) is 0 Å². The zero-order valence-corrected chi connectivity index (χ0v) is 22.9. The van der Waals surface area contributed by atoms with Gasteiger partial charge in [-0.15, -0.1) is 0 Å². The normalized spacial score (nSPS) is 12.1. The Hall–Kier alpha value is -3.17. The van der Waals surface area contributed by atoms with Crippen molar-refractivity contribution in [2.24, 2.45) is 0 Å². The summed E-state index contributed by atoms with van der Waals surface area (Å²) in [5.74, 6) is -1.23. The molecule has 0 spiro atoms. The molecule has 1 unspecified atom stereocenters. The van der Waals surface area contributed by atoms with E-state index in [4.69, 9.17) is 16.3 Å². The van der Waals surface area contributed by atoms with Crippen LogP contribution in [0, 0.1) is 11.6 Å². The number of carbonyl (C=O) groups excluding carboxylic acids is 1. The van der Waals surface area contributed by atoms with E-state index in [1.54, 1.807) is 31.2 Å². The molecule has 1 N–H and O–H groups in total. The number of rotatable bonds is 13. The number of halogens is 3. The topological polar surface area (TPSA) is 75.7 Å². The van der Waals surface area contributed by atoms with Gasteiger partial charge in [-0.05, 0) is 68.7 Å². The molecule has 204 valence electrons. The summed E-state index contributed by atoms with van der Waals surface area (Å²) in [6, 6.07) is 14.0. The zero-order chi connectivity index (χ0) is 27.7. The highest BCUT2D eigenvalue weighted by molar-refractivity contribution is 7.92. The molecule has 0 aliphatic heterocycles. The first-order valence-electron chi connectivity index (χ1n) is 12.4. The Morgan fingerprint density at radius 2 is 1.76 bits per heavy atom. The van der Waals surface area contributed by atoms with Gasteiger partial charge < -0.3 is 10.1 Å². The molecule has 0 aromatic heterocycles. The number of unbranched alkanes of at least 4 members (excludes halogenated alkanes) is 1. The van der Waals surface area contributed by atoms with Gasteiger partial charge in [0.1, 0.15) is 17.4 Å². The molecule has 6 nitrogen and oxygen atoms in total. The largest absolute Gasteiger partial charge is 0.493 e. The maximum atomic E-state index is 15.0. The minimum atomic E-state index is -4.35. The first-order valence-corrected chi connectivity index (χ1v) is 14.2. The lowest BCUT2D eigenvalue weighted by Crippen LogP contribution is -2.34. The average molecular weight is 565 g/mol. The second-order valence-corrected chi connectivity index (χ2v) is 11.0. The highest BCUT2D eigenvalue weighted by Gasteiger charge is 2.34. The molecular formula is C28H31ClF2N2O4S. The number of benzene rings is 3. The van der Waals surface area contributed by atoms with Crippen LogP contribution in [-0.4, -0.2) is 27.5 Å². The van der Waals surface area contributed by atoms with Crippen molar-refractivity contribution >= 4 is 33.2 Å². The second-order valence-electron chi connectivity index (χ2n) is 8.72. The lowest BCUT2D eigenvalue weighted by atomic mass is 10.1. The molecule has 0 saturated heterocycles. The monoisotopic (exact) mass is 564 g/mol. The lowest BCUT2D eigenvalue weighted by Gasteiger charge is -2.32. The van der Waals surface area contributed by atoms with E-state index in [2.05, 4.69) is 5.32 Å². The van der Waals surface area contributed by atoms with E-state index in [0.717, 1.165) is 28.9 Å². The summed E-state index contributed by atoms with van der Waals surface area (Å²) < 4.78 is 63.6. The van der Waals surface area contributed by atoms with Crippen molar-refractivity contribution in [3.05, 3.63) is 89.0 Å². The highest BCUT2D eigenvalue weighted by atomic mass is 35.5. The van der Waals surface area contributed by atoms with Gasteiger partial charge in [0.25, 0.3) is 10.0 Å². The molecule has 1 atom stereocenters. The van der Waals surface area contributed by atoms with Crippen molar-refractivity contribution in [1.82, 2.24) is 5.32 Å². The summed E-state index contributed by atoms with van der Waals surface area (Å²) in [6.07, 6.45) is 2.64. The van der Waals surface area contributed by atoms with Crippen molar-refractivity contribution in [2.45, 2.75) is 50.5 Å². The molecule has 3 rings (SSSR count). The molecule has 0 bridgehead atoms. The molecule has 0 heterocycles. The van der Waals surface area contributed by atoms with Crippen molar-refractivity contribution in [1.29, 1.82) is 0 Å². The Balaban J connectivity index is 1.88. The number of hydrogen-bond acceptors (Lipinski definition) is 4. The van der Waals surface area contributed by atoms with E-state index >= 15 is 0 Å². The summed E-state index contributed by atoms with van der Waals surface area (Å²) in [5.41, 5.74) is 0.0509. The number of carbonyl (C=O) groups is 1. The molecule has 0 saturated carbocycles. The van der Waals surface area contributed by atoms with Crippen LogP contribution in [0.5, 0.6) is 5.75 Å². The average Bonchev–Trinajstić information content (AvgIpc) is 2.88. The molecule has 0 radical (unpaired) electrons. The summed E-state index contributed by atoms with van der Waals surface area (Å²) in [7, 11) is -4.35. The van der Waals surface area contributed by atoms with Crippen LogP contribution >= 0.6 is 11.6 Å². The molecule has 10 heteroatoms. The summed E-state index contributed by atoms with van der Waals surface area (Å²) in [6.45, 7) is 4.39. The van der Waals surface area contributed by atoms with Gasteiger partial charge in [0, 0.05) is 29.6 Å². The summed E-state index contributed by atoms with van der Waals surface area (Å²) >= 11 is 5.94. The maximum absolute atomic E-state index is 15.0. The predicted molar refractivity (Wildman–Crippen MR) is 145 cm³/mol. The van der Waals surface area contributed by atoms with E-state index in [1.165, 1.54) is 24.3 Å². The van der Waals surface area contributed by atoms with E-state index in [0.29, 0.717) is 48.7 Å². The molecule has 3 aromatic rings. The number of para-hydroxylation sites is 1. The van der Waals surface area contributed by atoms with Crippen molar-refractivity contribution in [2.75, 3.05) is 17.5 Å². The van der Waals surface area contributed by atoms with Crippen molar-refractivity contribution in [3.8, 4) is 5.75 Å². The summed E-state index contributed by atoms with van der Waals surface area (Å²) in [4.78, 5) is 11.5. The van der Waals surface area contributed by atoms with Crippen LogP contribution in [0.2, 0.25) is 5.02 Å². The van der Waals surface area contributed by atoms with Crippen LogP contribution < -0.4 is 14.4 Å². The zero-order valence-electron chi connectivity index (χ0n) is 21.3. The SMILES string of the molecule is CCCC(=O)NCCCCOc1ccccc1C(C)N(c1cc(F)ccc1F)S(=O)(=O)c1ccc(Cl)cc1. The van der Waals surface area contributed by atoms with Crippen LogP contribution in [0.15, 0.2) is 71.6 Å². The summed E-state index contributed by atoms with van der Waals surface area (Å²) in [5, 5.41) is 3.19. The van der Waals surface area contributed by atoms with Gasteiger partial charge in [0.15, 0.2) is 0 Å². The Morgan fingerprint density at radius 1 is 1.05 bits per heavy atom. The third kappa shape index (κ3) is 7.45. The van der Waals surface area contributed by atoms with E-state index in [-0.39, 0.29) is 10.8 Å². The van der Waals surface area contributed by atoms with Gasteiger partial charge in [0.05, 0.1) is 23.2 Å². The first-order chi connectivity index (χ1) is 18.1. The van der Waals surface area contributed by atoms with Crippen LogP contribution in [0.25, 0.3) is 0 Å². The predicted octanol–water partition coefficient (Wildman–Crippen LogP) is 6.65. The van der Waals surface area contributed by atoms with Gasteiger partial charge in [-0.2, -0.15) is 0 Å². The van der Waals surface area contributed by atoms with Crippen LogP contribution in [-0.2, 0) is 14.8 Å². The third-order valence-corrected chi connectivity index (χ3v) is 8.02. The Kier molecular flexibility index (Phi) is 10.5. The number of hydrogen-bond donors (Lipinski definition) is 1. The van der Waals surface area contributed by atoms with Crippen LogP contribution in [0.4, 0.5) is 14.5 Å². The number of ether oxygens (including phenoxy) is 1. The second kappa shape index (κ2) is 13.6. The Bertz CT molecular complexity index is 1340. The van der Waals surface area contributed by atoms with E-state index in [9.17, 15) is 22.0 Å². The molecule has 38 heavy (non-hydrogen) atoms. The minimum Gasteiger partial charge on any atom is -0.493 e. The van der Waals surface area contributed by atoms with E-state index < -0.39 is 33.4 Å². The number of amides is 1. The fraction of sp³-hybridized carbons (Fsp3) is 0.321. The van der Waals surface area contributed by atoms with Crippen molar-refractivity contribution in [3.63, 3.8) is 0 Å². The smallest absolute Gasteiger partial charge is 0.264 e. The minimum absolute atomic E-state index is 0.0131. The van der Waals surface area contributed by atoms with Gasteiger partial charge in [-0.1, -0.05) is 36.7 Å². The lowest BCUT2D eigenvalue weighted by molar-refractivity contribution is -0.121. The highest BCUT2D eigenvalue weighted by Crippen LogP contribution is 2.38. The molecule has 0 aliphatic carbocycles. The number of sulfonamides is 1. The first kappa shape index (κ1) is 29.4. The quantitative estimate of drug-likeness (QED) is 0.236. The van der Waals surface area contributed by atoms with Crippen molar-refractivity contribution < 1.29 is 26.7 Å². The fourth-order valence-corrected chi connectivity index (χ4v) is 5.72. The third-order valence-electron chi connectivity index (χ3n) is 5.86. The van der Waals surface area contributed by atoms with E-state index in [1.807, 2.05) is 6.92 Å². The number of nitrogens with one attached hydrogen (secondary N) is 1. The fourth-order valence-electron chi connectivity index (χ4n) is 3.96. The Labute approximate surface area is 227 Å². The Morgan fingerprint density at radius 3 is 2.47 bits per heavy atom. The van der Waals surface area contributed by atoms with Gasteiger partial charge in [-0.25, -0.2) is 17.2 Å². The number of anilines is 1. The molecular weight excluding hydrogens is 534 g/mol. The maximum Gasteiger partial charge on any atom is 0.264 e. The molecule has 1 amide bonds. The van der Waals surface area contributed by atoms with Gasteiger partial charge in [-0.3, -0.25) is 9.10 Å². The molecule has 0 fully saturated rings.